The van der Waals surface area contributed by atoms with Crippen molar-refractivity contribution in [1.29, 1.82) is 0 Å². The number of aryl methyl sites for hydroxylation is 1. The van der Waals surface area contributed by atoms with Gasteiger partial charge in [0.15, 0.2) is 0 Å². The van der Waals surface area contributed by atoms with Crippen molar-refractivity contribution in [2.45, 2.75) is 13.0 Å². The molecule has 6 heteroatoms. The summed E-state index contributed by atoms with van der Waals surface area (Å²) in [5.41, 5.74) is 5.23. The predicted molar refractivity (Wildman–Crippen MR) is 136 cm³/mol. The van der Waals surface area contributed by atoms with Gasteiger partial charge in [-0.15, -0.1) is 0 Å². The molecule has 1 aliphatic rings. The zero-order chi connectivity index (χ0) is 23.5. The lowest BCUT2D eigenvalue weighted by Gasteiger charge is -2.32. The van der Waals surface area contributed by atoms with E-state index in [-0.39, 0.29) is 0 Å². The molecule has 1 aliphatic heterocycles. The molecule has 1 fully saturated rings. The van der Waals surface area contributed by atoms with Gasteiger partial charge in [-0.25, -0.2) is 4.79 Å². The van der Waals surface area contributed by atoms with Gasteiger partial charge in [-0.1, -0.05) is 36.4 Å². The molecule has 6 nitrogen and oxygen atoms in total. The third kappa shape index (κ3) is 4.60. The molecule has 0 amide bonds. The number of nitrogens with zero attached hydrogens (tertiary/aromatic N) is 4. The Morgan fingerprint density at radius 3 is 2.44 bits per heavy atom. The van der Waals surface area contributed by atoms with Crippen LogP contribution in [0.3, 0.4) is 0 Å². The zero-order valence-electron chi connectivity index (χ0n) is 19.5. The molecule has 0 atom stereocenters. The Labute approximate surface area is 200 Å². The molecule has 0 aliphatic carbocycles. The molecule has 2 aromatic carbocycles. The average molecular weight is 455 g/mol. The Bertz CT molecular complexity index is 1290. The van der Waals surface area contributed by atoms with Gasteiger partial charge in [0, 0.05) is 78.9 Å². The number of hydrogen-bond donors (Lipinski definition) is 1. The van der Waals surface area contributed by atoms with E-state index in [9.17, 15) is 9.90 Å². The summed E-state index contributed by atoms with van der Waals surface area (Å²) >= 11 is 0. The van der Waals surface area contributed by atoms with Gasteiger partial charge < -0.3 is 19.5 Å². The van der Waals surface area contributed by atoms with E-state index in [4.69, 9.17) is 0 Å². The third-order valence-electron chi connectivity index (χ3n) is 6.76. The lowest BCUT2D eigenvalue weighted by atomic mass is 9.99. The number of likely N-dealkylation sites (N-methyl/N-ethyl adjacent to an activating group) is 1. The van der Waals surface area contributed by atoms with Gasteiger partial charge in [-0.05, 0) is 43.8 Å². The summed E-state index contributed by atoms with van der Waals surface area (Å²) in [6.45, 7) is 6.33. The predicted octanol–water partition coefficient (Wildman–Crippen LogP) is 4.71. The number of piperazine rings is 1. The van der Waals surface area contributed by atoms with Gasteiger partial charge in [0.25, 0.3) is 0 Å². The van der Waals surface area contributed by atoms with Crippen molar-refractivity contribution in [2.24, 2.45) is 0 Å². The molecule has 3 heterocycles. The molecule has 0 saturated carbocycles. The first-order valence-electron chi connectivity index (χ1n) is 11.9. The molecule has 0 unspecified atom stereocenters. The fraction of sp³-hybridized carbons (Fsp3) is 0.286. The van der Waals surface area contributed by atoms with Crippen molar-refractivity contribution in [1.82, 2.24) is 19.4 Å². The topological polar surface area (TPSA) is 61.6 Å². The summed E-state index contributed by atoms with van der Waals surface area (Å²) in [5.74, 6) is -0.908. The van der Waals surface area contributed by atoms with E-state index in [1.165, 1.54) is 0 Å². The van der Waals surface area contributed by atoms with Gasteiger partial charge in [0.2, 0.25) is 0 Å². The quantitative estimate of drug-likeness (QED) is 0.438. The minimum atomic E-state index is -0.908. The second-order valence-corrected chi connectivity index (χ2v) is 9.07. The van der Waals surface area contributed by atoms with E-state index in [1.54, 1.807) is 6.07 Å². The lowest BCUT2D eigenvalue weighted by molar-refractivity contribution is 0.0699. The van der Waals surface area contributed by atoms with Crippen LogP contribution in [-0.4, -0.2) is 70.2 Å². The smallest absolute Gasteiger partial charge is 0.336 e. The molecule has 0 bridgehead atoms. The number of rotatable bonds is 7. The first-order valence-corrected chi connectivity index (χ1v) is 11.9. The first kappa shape index (κ1) is 22.3. The zero-order valence-corrected chi connectivity index (χ0v) is 19.5. The highest BCUT2D eigenvalue weighted by Crippen LogP contribution is 2.35. The Balaban J connectivity index is 1.49. The van der Waals surface area contributed by atoms with Crippen LogP contribution in [0.4, 0.5) is 0 Å². The highest BCUT2D eigenvalue weighted by atomic mass is 16.4. The summed E-state index contributed by atoms with van der Waals surface area (Å²) in [6.07, 6.45) is 6.81. The summed E-state index contributed by atoms with van der Waals surface area (Å²) in [7, 11) is 2.17. The Morgan fingerprint density at radius 2 is 1.68 bits per heavy atom. The molecule has 34 heavy (non-hydrogen) atoms. The van der Waals surface area contributed by atoms with E-state index in [0.717, 1.165) is 78.8 Å². The summed E-state index contributed by atoms with van der Waals surface area (Å²) in [6, 6.07) is 17.8. The van der Waals surface area contributed by atoms with Gasteiger partial charge in [-0.2, -0.15) is 0 Å². The summed E-state index contributed by atoms with van der Waals surface area (Å²) < 4.78 is 2.21. The number of carboxylic acid groups (broad SMARTS) is 1. The number of benzene rings is 2. The second-order valence-electron chi connectivity index (χ2n) is 9.07. The molecular formula is C28H30N4O2. The van der Waals surface area contributed by atoms with Crippen molar-refractivity contribution >= 4 is 16.9 Å². The SMILES string of the molecule is CN1CCN(CCCn2cc(-c3cncc(-c4ccccc4)c3)c3c(C(=O)O)cccc32)CC1. The van der Waals surface area contributed by atoms with E-state index in [2.05, 4.69) is 50.8 Å². The van der Waals surface area contributed by atoms with Gasteiger partial charge in [0.05, 0.1) is 5.56 Å². The fourth-order valence-corrected chi connectivity index (χ4v) is 4.85. The number of aromatic nitrogens is 2. The van der Waals surface area contributed by atoms with E-state index < -0.39 is 5.97 Å². The Morgan fingerprint density at radius 1 is 0.912 bits per heavy atom. The highest BCUT2D eigenvalue weighted by molar-refractivity contribution is 6.09. The van der Waals surface area contributed by atoms with Gasteiger partial charge in [-0.3, -0.25) is 4.98 Å². The van der Waals surface area contributed by atoms with Crippen molar-refractivity contribution in [3.63, 3.8) is 0 Å². The minimum absolute atomic E-state index is 0.329. The Kier molecular flexibility index (Phi) is 6.43. The monoisotopic (exact) mass is 454 g/mol. The van der Waals surface area contributed by atoms with Crippen LogP contribution in [0.15, 0.2) is 73.2 Å². The maximum atomic E-state index is 12.1. The molecule has 2 aromatic heterocycles. The van der Waals surface area contributed by atoms with Crippen LogP contribution in [0.25, 0.3) is 33.2 Å². The number of carbonyl (C=O) groups is 1. The van der Waals surface area contributed by atoms with Crippen molar-refractivity contribution < 1.29 is 9.90 Å². The van der Waals surface area contributed by atoms with Crippen molar-refractivity contribution in [3.8, 4) is 22.3 Å². The highest BCUT2D eigenvalue weighted by Gasteiger charge is 2.19. The molecule has 0 spiro atoms. The average Bonchev–Trinajstić information content (AvgIpc) is 3.24. The van der Waals surface area contributed by atoms with Crippen molar-refractivity contribution in [2.75, 3.05) is 39.8 Å². The molecular weight excluding hydrogens is 424 g/mol. The van der Waals surface area contributed by atoms with Gasteiger partial charge >= 0.3 is 5.97 Å². The number of hydrogen-bond acceptors (Lipinski definition) is 4. The van der Waals surface area contributed by atoms with Crippen LogP contribution in [-0.2, 0) is 6.54 Å². The lowest BCUT2D eigenvalue weighted by Crippen LogP contribution is -2.44. The number of aromatic carboxylic acids is 1. The molecule has 1 N–H and O–H groups in total. The fourth-order valence-electron chi connectivity index (χ4n) is 4.85. The van der Waals surface area contributed by atoms with E-state index in [0.29, 0.717) is 5.56 Å². The Hall–Kier alpha value is -3.48. The normalized spacial score (nSPS) is 15.1. The van der Waals surface area contributed by atoms with Crippen LogP contribution >= 0.6 is 0 Å². The minimum Gasteiger partial charge on any atom is -0.478 e. The first-order chi connectivity index (χ1) is 16.6. The number of pyridine rings is 1. The third-order valence-corrected chi connectivity index (χ3v) is 6.76. The van der Waals surface area contributed by atoms with Crippen molar-refractivity contribution in [3.05, 3.63) is 78.8 Å². The van der Waals surface area contributed by atoms with E-state index >= 15 is 0 Å². The van der Waals surface area contributed by atoms with Crippen LogP contribution < -0.4 is 0 Å². The van der Waals surface area contributed by atoms with Crippen LogP contribution in [0, 0.1) is 0 Å². The molecule has 0 radical (unpaired) electrons. The second kappa shape index (κ2) is 9.79. The molecule has 4 aromatic rings. The molecule has 1 saturated heterocycles. The van der Waals surface area contributed by atoms with Crippen LogP contribution in [0.5, 0.6) is 0 Å². The summed E-state index contributed by atoms with van der Waals surface area (Å²) in [5, 5.41) is 10.7. The summed E-state index contributed by atoms with van der Waals surface area (Å²) in [4.78, 5) is 21.5. The maximum Gasteiger partial charge on any atom is 0.336 e. The van der Waals surface area contributed by atoms with Crippen LogP contribution in [0.2, 0.25) is 0 Å². The van der Waals surface area contributed by atoms with E-state index in [1.807, 2.05) is 42.7 Å². The standard InChI is InChI=1S/C28H30N4O2/c1-30-13-15-31(16-14-30)11-6-12-32-20-25(27-24(28(33)34)9-5-10-26(27)32)23-17-22(18-29-19-23)21-7-3-2-4-8-21/h2-5,7-10,17-20H,6,11-16H2,1H3,(H,33,34). The molecule has 174 valence electrons. The number of fused-ring (bicyclic) bond motifs is 1. The maximum absolute atomic E-state index is 12.1. The molecule has 5 rings (SSSR count). The number of carboxylic acids is 1. The van der Waals surface area contributed by atoms with Crippen LogP contribution in [0.1, 0.15) is 16.8 Å². The largest absolute Gasteiger partial charge is 0.478 e. The van der Waals surface area contributed by atoms with Gasteiger partial charge in [0.1, 0.15) is 0 Å².